The summed E-state index contributed by atoms with van der Waals surface area (Å²) in [6.07, 6.45) is 6.31. The summed E-state index contributed by atoms with van der Waals surface area (Å²) in [7, 11) is 0. The second-order valence-electron chi connectivity index (χ2n) is 9.74. The van der Waals surface area contributed by atoms with Crippen LogP contribution in [0.4, 0.5) is 0 Å². The highest BCUT2D eigenvalue weighted by Crippen LogP contribution is 2.47. The van der Waals surface area contributed by atoms with Crippen LogP contribution < -0.4 is 9.47 Å². The third-order valence-corrected chi connectivity index (χ3v) is 7.30. The third-order valence-electron chi connectivity index (χ3n) is 7.30. The first-order chi connectivity index (χ1) is 17.2. The van der Waals surface area contributed by atoms with E-state index in [9.17, 15) is 10.2 Å². The van der Waals surface area contributed by atoms with Crippen molar-refractivity contribution >= 4 is 0 Å². The number of unbranched alkanes of at least 4 members (excludes halogenated alkanes) is 1. The van der Waals surface area contributed by atoms with E-state index in [0.717, 1.165) is 35.7 Å². The van der Waals surface area contributed by atoms with Crippen molar-refractivity contribution in [1.29, 1.82) is 0 Å². The Balaban J connectivity index is 1.27. The number of ether oxygens (including phenoxy) is 2. The van der Waals surface area contributed by atoms with Crippen LogP contribution in [0.5, 0.6) is 23.0 Å². The monoisotopic (exact) mass is 473 g/mol. The van der Waals surface area contributed by atoms with E-state index >= 15 is 0 Å². The Kier molecular flexibility index (Phi) is 7.43. The molecule has 0 radical (unpaired) electrons. The summed E-state index contributed by atoms with van der Waals surface area (Å²) in [5, 5.41) is 19.7. The van der Waals surface area contributed by atoms with E-state index in [1.807, 2.05) is 18.2 Å². The lowest BCUT2D eigenvalue weighted by Crippen LogP contribution is -2.30. The van der Waals surface area contributed by atoms with Crippen molar-refractivity contribution in [2.75, 3.05) is 32.8 Å². The summed E-state index contributed by atoms with van der Waals surface area (Å²) in [5.41, 5.74) is 3.34. The van der Waals surface area contributed by atoms with Crippen molar-refractivity contribution in [3.63, 3.8) is 0 Å². The minimum atomic E-state index is 0.0717. The molecule has 35 heavy (non-hydrogen) atoms. The number of phenolic OH excluding ortho intramolecular Hbond substituents is 2. The Bertz CT molecular complexity index is 1090. The fourth-order valence-electron chi connectivity index (χ4n) is 5.40. The van der Waals surface area contributed by atoms with Gasteiger partial charge in [0.05, 0.1) is 13.2 Å². The predicted molar refractivity (Wildman–Crippen MR) is 138 cm³/mol. The van der Waals surface area contributed by atoms with Gasteiger partial charge in [0.15, 0.2) is 0 Å². The van der Waals surface area contributed by atoms with Crippen molar-refractivity contribution < 1.29 is 19.7 Å². The van der Waals surface area contributed by atoms with Gasteiger partial charge in [-0.25, -0.2) is 0 Å². The molecule has 5 heteroatoms. The Morgan fingerprint density at radius 1 is 0.800 bits per heavy atom. The summed E-state index contributed by atoms with van der Waals surface area (Å²) in [6, 6.07) is 21.1. The molecule has 2 aliphatic rings. The minimum Gasteiger partial charge on any atom is -0.508 e. The van der Waals surface area contributed by atoms with Gasteiger partial charge in [-0.3, -0.25) is 0 Å². The SMILES string of the molecule is Oc1ccc(C2COc3cc(O)ccc3C2c2ccc(OCCCCN3CCCCC3)cc2)cc1. The molecule has 0 saturated carbocycles. The van der Waals surface area contributed by atoms with Crippen molar-refractivity contribution in [3.8, 4) is 23.0 Å². The summed E-state index contributed by atoms with van der Waals surface area (Å²) in [5.74, 6) is 2.24. The maximum atomic E-state index is 9.96. The maximum absolute atomic E-state index is 9.96. The van der Waals surface area contributed by atoms with Crippen LogP contribution in [0.15, 0.2) is 66.7 Å². The molecule has 2 aliphatic heterocycles. The molecule has 2 N–H and O–H groups in total. The van der Waals surface area contributed by atoms with E-state index < -0.39 is 0 Å². The first-order valence-corrected chi connectivity index (χ1v) is 12.9. The number of rotatable bonds is 8. The van der Waals surface area contributed by atoms with Gasteiger partial charge in [-0.2, -0.15) is 0 Å². The second kappa shape index (κ2) is 11.0. The van der Waals surface area contributed by atoms with Crippen molar-refractivity contribution in [2.45, 2.75) is 43.9 Å². The lowest BCUT2D eigenvalue weighted by molar-refractivity contribution is 0.216. The van der Waals surface area contributed by atoms with Crippen LogP contribution in [-0.4, -0.2) is 48.0 Å². The molecule has 2 unspecified atom stereocenters. The lowest BCUT2D eigenvalue weighted by Gasteiger charge is -2.34. The number of hydrogen-bond donors (Lipinski definition) is 2. The van der Waals surface area contributed by atoms with Crippen LogP contribution in [0.25, 0.3) is 0 Å². The lowest BCUT2D eigenvalue weighted by atomic mass is 9.76. The van der Waals surface area contributed by atoms with Crippen LogP contribution >= 0.6 is 0 Å². The molecular weight excluding hydrogens is 438 g/mol. The maximum Gasteiger partial charge on any atom is 0.126 e. The molecule has 0 aliphatic carbocycles. The molecule has 2 heterocycles. The van der Waals surface area contributed by atoms with Gasteiger partial charge in [-0.05, 0) is 86.8 Å². The average molecular weight is 474 g/mol. The van der Waals surface area contributed by atoms with Gasteiger partial charge < -0.3 is 24.6 Å². The topological polar surface area (TPSA) is 62.2 Å². The van der Waals surface area contributed by atoms with Gasteiger partial charge in [0.25, 0.3) is 0 Å². The molecule has 0 aromatic heterocycles. The summed E-state index contributed by atoms with van der Waals surface area (Å²) in [4.78, 5) is 2.58. The number of benzene rings is 3. The number of likely N-dealkylation sites (tertiary alicyclic amines) is 1. The number of hydrogen-bond acceptors (Lipinski definition) is 5. The van der Waals surface area contributed by atoms with Crippen molar-refractivity contribution in [2.24, 2.45) is 0 Å². The highest BCUT2D eigenvalue weighted by atomic mass is 16.5. The van der Waals surface area contributed by atoms with Gasteiger partial charge in [0.2, 0.25) is 0 Å². The normalized spacial score (nSPS) is 20.1. The molecule has 184 valence electrons. The van der Waals surface area contributed by atoms with E-state index in [1.165, 1.54) is 50.9 Å². The molecule has 3 aromatic rings. The van der Waals surface area contributed by atoms with Crippen LogP contribution in [0.1, 0.15) is 60.6 Å². The zero-order valence-corrected chi connectivity index (χ0v) is 20.2. The van der Waals surface area contributed by atoms with E-state index in [-0.39, 0.29) is 23.3 Å². The van der Waals surface area contributed by atoms with Crippen LogP contribution in [0.2, 0.25) is 0 Å². The molecule has 5 rings (SSSR count). The van der Waals surface area contributed by atoms with E-state index in [1.54, 1.807) is 24.3 Å². The number of fused-ring (bicyclic) bond motifs is 1. The molecule has 5 nitrogen and oxygen atoms in total. The second-order valence-corrected chi connectivity index (χ2v) is 9.74. The van der Waals surface area contributed by atoms with Gasteiger partial charge in [-0.1, -0.05) is 36.8 Å². The smallest absolute Gasteiger partial charge is 0.126 e. The van der Waals surface area contributed by atoms with Crippen LogP contribution in [0, 0.1) is 0 Å². The fourth-order valence-corrected chi connectivity index (χ4v) is 5.40. The third kappa shape index (κ3) is 5.73. The summed E-state index contributed by atoms with van der Waals surface area (Å²) >= 11 is 0. The molecule has 0 amide bonds. The summed E-state index contributed by atoms with van der Waals surface area (Å²) < 4.78 is 12.1. The Morgan fingerprint density at radius 3 is 2.29 bits per heavy atom. The van der Waals surface area contributed by atoms with E-state index in [2.05, 4.69) is 29.2 Å². The standard InChI is InChI=1S/C30H35NO4/c32-24-10-6-22(7-11-24)28-21-35-29-20-25(33)12-15-27(29)30(28)23-8-13-26(14-9-23)34-19-5-4-18-31-16-2-1-3-17-31/h6-15,20,28,30,32-33H,1-5,16-19,21H2. The Hall–Kier alpha value is -3.18. The van der Waals surface area contributed by atoms with E-state index in [4.69, 9.17) is 9.47 Å². The number of phenols is 2. The first-order valence-electron chi connectivity index (χ1n) is 12.9. The number of piperidine rings is 1. The van der Waals surface area contributed by atoms with Gasteiger partial charge >= 0.3 is 0 Å². The largest absolute Gasteiger partial charge is 0.508 e. The summed E-state index contributed by atoms with van der Waals surface area (Å²) in [6.45, 7) is 4.92. The van der Waals surface area contributed by atoms with Crippen molar-refractivity contribution in [1.82, 2.24) is 4.90 Å². The first kappa shape index (κ1) is 23.6. The average Bonchev–Trinajstić information content (AvgIpc) is 2.89. The fraction of sp³-hybridized carbons (Fsp3) is 0.400. The van der Waals surface area contributed by atoms with Gasteiger partial charge in [-0.15, -0.1) is 0 Å². The molecule has 0 spiro atoms. The zero-order chi connectivity index (χ0) is 24.0. The van der Waals surface area contributed by atoms with Crippen molar-refractivity contribution in [3.05, 3.63) is 83.4 Å². The van der Waals surface area contributed by atoms with Gasteiger partial charge in [0, 0.05) is 23.5 Å². The highest BCUT2D eigenvalue weighted by Gasteiger charge is 2.33. The molecule has 1 fully saturated rings. The molecule has 1 saturated heterocycles. The van der Waals surface area contributed by atoms with E-state index in [0.29, 0.717) is 6.61 Å². The zero-order valence-electron chi connectivity index (χ0n) is 20.2. The van der Waals surface area contributed by atoms with Crippen LogP contribution in [0.3, 0.4) is 0 Å². The Morgan fingerprint density at radius 2 is 1.51 bits per heavy atom. The van der Waals surface area contributed by atoms with Crippen LogP contribution in [-0.2, 0) is 0 Å². The quantitative estimate of drug-likeness (QED) is 0.390. The molecule has 2 atom stereocenters. The minimum absolute atomic E-state index is 0.0717. The molecule has 3 aromatic carbocycles. The predicted octanol–water partition coefficient (Wildman–Crippen LogP) is 6.05. The Labute approximate surface area is 207 Å². The molecule has 0 bridgehead atoms. The number of aromatic hydroxyl groups is 2. The van der Waals surface area contributed by atoms with Gasteiger partial charge in [0.1, 0.15) is 23.0 Å². The highest BCUT2D eigenvalue weighted by molar-refractivity contribution is 5.51. The number of nitrogens with zero attached hydrogens (tertiary/aromatic N) is 1. The molecular formula is C30H35NO4.